The van der Waals surface area contributed by atoms with E-state index in [1.54, 1.807) is 0 Å². The van der Waals surface area contributed by atoms with Crippen molar-refractivity contribution >= 4 is 11.5 Å². The smallest absolute Gasteiger partial charge is 0.166 e. The molecule has 1 aromatic rings. The van der Waals surface area contributed by atoms with Crippen LogP contribution in [0.15, 0.2) is 35.9 Å². The molecule has 0 radical (unpaired) electrons. The molecule has 0 saturated heterocycles. The molecule has 2 nitrogen and oxygen atoms in total. The second kappa shape index (κ2) is 5.60. The molecule has 0 spiro atoms. The molecule has 1 aliphatic carbocycles. The van der Waals surface area contributed by atoms with Crippen LogP contribution in [0.25, 0.3) is 5.76 Å². The average Bonchev–Trinajstić information content (AvgIpc) is 2.39. The summed E-state index contributed by atoms with van der Waals surface area (Å²) in [5.74, 6) is 0.830. The van der Waals surface area contributed by atoms with Crippen LogP contribution in [0, 0.1) is 17.8 Å². The van der Waals surface area contributed by atoms with Crippen molar-refractivity contribution < 1.29 is 9.90 Å². The highest BCUT2D eigenvalue weighted by Gasteiger charge is 2.35. The zero-order valence-electron chi connectivity index (χ0n) is 11.9. The molecular weight excluding hydrogens is 236 g/mol. The molecule has 1 aromatic carbocycles. The lowest BCUT2D eigenvalue weighted by atomic mass is 9.72. The summed E-state index contributed by atoms with van der Waals surface area (Å²) in [7, 11) is 0. The van der Waals surface area contributed by atoms with Gasteiger partial charge in [0.15, 0.2) is 5.78 Å². The molecule has 102 valence electrons. The fraction of sp³-hybridized carbons (Fsp3) is 0.471. The van der Waals surface area contributed by atoms with Gasteiger partial charge in [-0.25, -0.2) is 0 Å². The van der Waals surface area contributed by atoms with Gasteiger partial charge in [-0.15, -0.1) is 0 Å². The van der Waals surface area contributed by atoms with Crippen molar-refractivity contribution in [3.8, 4) is 0 Å². The first-order chi connectivity index (χ1) is 9.02. The van der Waals surface area contributed by atoms with E-state index in [2.05, 4.69) is 13.8 Å². The van der Waals surface area contributed by atoms with Crippen molar-refractivity contribution in [3.05, 3.63) is 41.5 Å². The summed E-state index contributed by atoms with van der Waals surface area (Å²) in [6.45, 7) is 6.19. The Bertz CT molecular complexity index is 485. The lowest BCUT2D eigenvalue weighted by Crippen LogP contribution is -2.31. The van der Waals surface area contributed by atoms with E-state index < -0.39 is 0 Å². The van der Waals surface area contributed by atoms with E-state index in [1.165, 1.54) is 0 Å². The quantitative estimate of drug-likeness (QED) is 0.636. The number of Topliss-reactive ketones (excluding diaryl/α,β-unsaturated/α-hetero) is 1. The number of carbonyl (C=O) groups is 1. The first kappa shape index (κ1) is 13.9. The van der Waals surface area contributed by atoms with Crippen LogP contribution in [0.1, 0.15) is 39.2 Å². The summed E-state index contributed by atoms with van der Waals surface area (Å²) in [4.78, 5) is 12.6. The van der Waals surface area contributed by atoms with Crippen molar-refractivity contribution in [1.82, 2.24) is 0 Å². The van der Waals surface area contributed by atoms with Crippen LogP contribution in [0.5, 0.6) is 0 Å². The third kappa shape index (κ3) is 2.73. The number of ketones is 1. The Morgan fingerprint density at radius 1 is 1.21 bits per heavy atom. The summed E-state index contributed by atoms with van der Waals surface area (Å²) in [5, 5.41) is 10.4. The van der Waals surface area contributed by atoms with Gasteiger partial charge in [0.05, 0.1) is 0 Å². The van der Waals surface area contributed by atoms with Gasteiger partial charge in [-0.05, 0) is 24.7 Å². The van der Waals surface area contributed by atoms with Crippen LogP contribution in [-0.2, 0) is 4.79 Å². The van der Waals surface area contributed by atoms with Crippen molar-refractivity contribution in [2.75, 3.05) is 0 Å². The summed E-state index contributed by atoms with van der Waals surface area (Å²) in [6.07, 6.45) is 1.91. The maximum absolute atomic E-state index is 12.6. The Kier molecular flexibility index (Phi) is 4.08. The molecule has 1 saturated carbocycles. The van der Waals surface area contributed by atoms with Gasteiger partial charge < -0.3 is 5.11 Å². The third-order valence-corrected chi connectivity index (χ3v) is 4.11. The largest absolute Gasteiger partial charge is 0.507 e. The van der Waals surface area contributed by atoms with Gasteiger partial charge in [-0.1, -0.05) is 51.1 Å². The van der Waals surface area contributed by atoms with E-state index in [9.17, 15) is 9.90 Å². The number of hydrogen-bond donors (Lipinski definition) is 1. The van der Waals surface area contributed by atoms with E-state index in [1.807, 2.05) is 37.3 Å². The zero-order chi connectivity index (χ0) is 14.0. The molecule has 0 heterocycles. The highest BCUT2D eigenvalue weighted by atomic mass is 16.3. The number of allylic oxidation sites excluding steroid dienone is 1. The molecule has 19 heavy (non-hydrogen) atoms. The molecule has 1 aliphatic rings. The van der Waals surface area contributed by atoms with Gasteiger partial charge in [0.1, 0.15) is 5.76 Å². The first-order valence-electron chi connectivity index (χ1n) is 7.05. The molecular formula is C17H22O2. The van der Waals surface area contributed by atoms with Gasteiger partial charge >= 0.3 is 0 Å². The van der Waals surface area contributed by atoms with Crippen molar-refractivity contribution in [2.45, 2.75) is 33.6 Å². The van der Waals surface area contributed by atoms with E-state index in [0.717, 1.165) is 18.4 Å². The van der Waals surface area contributed by atoms with Crippen LogP contribution < -0.4 is 0 Å². The predicted octanol–water partition coefficient (Wildman–Crippen LogP) is 4.23. The number of carbonyl (C=O) groups excluding carboxylic acids is 1. The van der Waals surface area contributed by atoms with E-state index in [-0.39, 0.29) is 23.4 Å². The molecule has 0 unspecified atom stereocenters. The maximum Gasteiger partial charge on any atom is 0.166 e. The summed E-state index contributed by atoms with van der Waals surface area (Å²) >= 11 is 0. The minimum atomic E-state index is 0.0528. The van der Waals surface area contributed by atoms with E-state index >= 15 is 0 Å². The van der Waals surface area contributed by atoms with Gasteiger partial charge in [-0.3, -0.25) is 4.79 Å². The molecule has 2 rings (SSSR count). The summed E-state index contributed by atoms with van der Waals surface area (Å²) < 4.78 is 0. The molecule has 0 amide bonds. The molecule has 0 aliphatic heterocycles. The lowest BCUT2D eigenvalue weighted by molar-refractivity contribution is -0.122. The van der Waals surface area contributed by atoms with E-state index in [4.69, 9.17) is 0 Å². The normalized spacial score (nSPS) is 26.6. The van der Waals surface area contributed by atoms with Crippen LogP contribution in [-0.4, -0.2) is 10.9 Å². The summed E-state index contributed by atoms with van der Waals surface area (Å²) in [6, 6.07) is 9.36. The van der Waals surface area contributed by atoms with Gasteiger partial charge in [0.25, 0.3) is 0 Å². The fourth-order valence-electron chi connectivity index (χ4n) is 2.89. The lowest BCUT2D eigenvalue weighted by Gasteiger charge is -2.30. The highest BCUT2D eigenvalue weighted by molar-refractivity contribution is 6.03. The van der Waals surface area contributed by atoms with Crippen molar-refractivity contribution in [2.24, 2.45) is 17.8 Å². The Balaban J connectivity index is 2.42. The number of aliphatic hydroxyl groups excluding tert-OH is 1. The Labute approximate surface area is 115 Å². The summed E-state index contributed by atoms with van der Waals surface area (Å²) in [5.41, 5.74) is 1.36. The number of benzene rings is 1. The predicted molar refractivity (Wildman–Crippen MR) is 77.7 cm³/mol. The third-order valence-electron chi connectivity index (χ3n) is 4.11. The van der Waals surface area contributed by atoms with Crippen LogP contribution in [0.3, 0.4) is 0 Å². The molecule has 1 fully saturated rings. The second-order valence-electron chi connectivity index (χ2n) is 5.82. The topological polar surface area (TPSA) is 37.3 Å². The highest BCUT2D eigenvalue weighted by Crippen LogP contribution is 2.37. The zero-order valence-corrected chi connectivity index (χ0v) is 11.9. The van der Waals surface area contributed by atoms with Crippen molar-refractivity contribution in [3.63, 3.8) is 0 Å². The fourth-order valence-corrected chi connectivity index (χ4v) is 2.89. The number of rotatable bonds is 2. The van der Waals surface area contributed by atoms with Crippen LogP contribution >= 0.6 is 0 Å². The van der Waals surface area contributed by atoms with E-state index in [0.29, 0.717) is 11.5 Å². The molecule has 2 heteroatoms. The second-order valence-corrected chi connectivity index (χ2v) is 5.82. The van der Waals surface area contributed by atoms with Gasteiger partial charge in [-0.2, -0.15) is 0 Å². The minimum Gasteiger partial charge on any atom is -0.507 e. The van der Waals surface area contributed by atoms with Crippen molar-refractivity contribution in [1.29, 1.82) is 0 Å². The minimum absolute atomic E-state index is 0.0528. The molecule has 0 aromatic heterocycles. The average molecular weight is 258 g/mol. The van der Waals surface area contributed by atoms with Crippen LogP contribution in [0.4, 0.5) is 0 Å². The number of aliphatic hydroxyl groups is 1. The Morgan fingerprint density at radius 2 is 1.84 bits per heavy atom. The molecule has 0 bridgehead atoms. The maximum atomic E-state index is 12.6. The Morgan fingerprint density at radius 3 is 2.42 bits per heavy atom. The van der Waals surface area contributed by atoms with Gasteiger partial charge in [0.2, 0.25) is 0 Å². The van der Waals surface area contributed by atoms with Gasteiger partial charge in [0, 0.05) is 17.1 Å². The first-order valence-corrected chi connectivity index (χ1v) is 7.05. The monoisotopic (exact) mass is 258 g/mol. The Hall–Kier alpha value is -1.57. The SMILES string of the molecule is CC(C)[C@H]1CC[C@@H](C)C(=C(O)c2ccccc2)C1=O. The van der Waals surface area contributed by atoms with Crippen LogP contribution in [0.2, 0.25) is 0 Å². The molecule has 1 N–H and O–H groups in total. The standard InChI is InChI=1S/C17H22O2/c1-11(2)14-10-9-12(3)15(17(14)19)16(18)13-7-5-4-6-8-13/h4-8,11-12,14,18H,9-10H2,1-3H3/t12-,14-/m1/s1. The molecule has 2 atom stereocenters. The number of hydrogen-bond acceptors (Lipinski definition) is 2.